The van der Waals surface area contributed by atoms with Gasteiger partial charge in [-0.25, -0.2) is 0 Å². The van der Waals surface area contributed by atoms with Gasteiger partial charge in [-0.2, -0.15) is 0 Å². The van der Waals surface area contributed by atoms with Gasteiger partial charge >= 0.3 is 5.97 Å². The maximum Gasteiger partial charge on any atom is 0.308 e. The fourth-order valence-corrected chi connectivity index (χ4v) is 1.42. The third-order valence-corrected chi connectivity index (χ3v) is 2.57. The van der Waals surface area contributed by atoms with Gasteiger partial charge in [0.15, 0.2) is 0 Å². The van der Waals surface area contributed by atoms with E-state index in [1.807, 2.05) is 26.0 Å². The van der Waals surface area contributed by atoms with Crippen LogP contribution in [0.2, 0.25) is 0 Å². The van der Waals surface area contributed by atoms with Gasteiger partial charge in [-0.1, -0.05) is 38.1 Å². The zero-order chi connectivity index (χ0) is 12.7. The van der Waals surface area contributed by atoms with Crippen LogP contribution in [0.25, 0.3) is 0 Å². The molecule has 0 aliphatic carbocycles. The van der Waals surface area contributed by atoms with Gasteiger partial charge in [0.05, 0.1) is 5.92 Å². The van der Waals surface area contributed by atoms with Gasteiger partial charge in [-0.15, -0.1) is 0 Å². The molecule has 1 N–H and O–H groups in total. The van der Waals surface area contributed by atoms with E-state index < -0.39 is 0 Å². The molecule has 0 aromatic heterocycles. The van der Waals surface area contributed by atoms with E-state index in [2.05, 4.69) is 24.4 Å². The standard InChI is InChI=1S/C14H21NO2/c1-11(2)14(16)17-9-8-15-10-13-7-5-4-6-12(13)3/h4-7,11,15H,8-10H2,1-3H3. The Morgan fingerprint density at radius 3 is 2.71 bits per heavy atom. The van der Waals surface area contributed by atoms with Gasteiger partial charge in [0, 0.05) is 13.1 Å². The average molecular weight is 235 g/mol. The summed E-state index contributed by atoms with van der Waals surface area (Å²) < 4.78 is 5.07. The minimum Gasteiger partial charge on any atom is -0.464 e. The molecule has 0 fully saturated rings. The smallest absolute Gasteiger partial charge is 0.308 e. The maximum atomic E-state index is 11.2. The molecule has 1 aromatic rings. The van der Waals surface area contributed by atoms with Crippen LogP contribution in [0.4, 0.5) is 0 Å². The van der Waals surface area contributed by atoms with E-state index >= 15 is 0 Å². The Morgan fingerprint density at radius 2 is 2.06 bits per heavy atom. The fraction of sp³-hybridized carbons (Fsp3) is 0.500. The molecule has 0 saturated carbocycles. The summed E-state index contributed by atoms with van der Waals surface area (Å²) in [5.74, 6) is -0.186. The van der Waals surface area contributed by atoms with Crippen molar-refractivity contribution in [3.8, 4) is 0 Å². The van der Waals surface area contributed by atoms with Crippen molar-refractivity contribution in [2.24, 2.45) is 5.92 Å². The molecule has 1 rings (SSSR count). The molecule has 1 aromatic carbocycles. The molecule has 3 heteroatoms. The van der Waals surface area contributed by atoms with Crippen LogP contribution in [0.1, 0.15) is 25.0 Å². The molecule has 0 amide bonds. The SMILES string of the molecule is Cc1ccccc1CNCCOC(=O)C(C)C. The first-order valence-corrected chi connectivity index (χ1v) is 6.03. The van der Waals surface area contributed by atoms with E-state index in [0.29, 0.717) is 13.2 Å². The van der Waals surface area contributed by atoms with Gasteiger partial charge in [0.1, 0.15) is 6.61 Å². The Kier molecular flexibility index (Phi) is 5.70. The normalized spacial score (nSPS) is 10.6. The van der Waals surface area contributed by atoms with Gasteiger partial charge in [-0.05, 0) is 18.1 Å². The van der Waals surface area contributed by atoms with E-state index in [1.54, 1.807) is 0 Å². The molecule has 0 heterocycles. The largest absolute Gasteiger partial charge is 0.464 e. The Labute approximate surface area is 103 Å². The molecule has 3 nitrogen and oxygen atoms in total. The van der Waals surface area contributed by atoms with E-state index in [4.69, 9.17) is 4.74 Å². The number of hydrogen-bond donors (Lipinski definition) is 1. The lowest BCUT2D eigenvalue weighted by molar-refractivity contribution is -0.147. The Balaban J connectivity index is 2.17. The number of benzene rings is 1. The highest BCUT2D eigenvalue weighted by Gasteiger charge is 2.06. The summed E-state index contributed by atoms with van der Waals surface area (Å²) in [6, 6.07) is 8.25. The summed E-state index contributed by atoms with van der Waals surface area (Å²) in [6.45, 7) is 7.70. The summed E-state index contributed by atoms with van der Waals surface area (Å²) in [5, 5.41) is 3.26. The Hall–Kier alpha value is -1.35. The van der Waals surface area contributed by atoms with E-state index in [1.165, 1.54) is 11.1 Å². The molecular formula is C14H21NO2. The number of esters is 1. The predicted molar refractivity (Wildman–Crippen MR) is 68.7 cm³/mol. The zero-order valence-electron chi connectivity index (χ0n) is 10.8. The molecule has 0 aliphatic rings. The number of rotatable bonds is 6. The van der Waals surface area contributed by atoms with Gasteiger partial charge in [-0.3, -0.25) is 4.79 Å². The molecular weight excluding hydrogens is 214 g/mol. The first kappa shape index (κ1) is 13.7. The number of nitrogens with one attached hydrogen (secondary N) is 1. The predicted octanol–water partition coefficient (Wildman–Crippen LogP) is 2.28. The maximum absolute atomic E-state index is 11.2. The van der Waals surface area contributed by atoms with Crippen molar-refractivity contribution in [1.29, 1.82) is 0 Å². The highest BCUT2D eigenvalue weighted by Crippen LogP contribution is 2.05. The second-order valence-corrected chi connectivity index (χ2v) is 4.43. The van der Waals surface area contributed by atoms with Crippen LogP contribution in [0.3, 0.4) is 0 Å². The lowest BCUT2D eigenvalue weighted by atomic mass is 10.1. The van der Waals surface area contributed by atoms with Crippen LogP contribution in [0.15, 0.2) is 24.3 Å². The average Bonchev–Trinajstić information content (AvgIpc) is 2.30. The highest BCUT2D eigenvalue weighted by molar-refractivity contribution is 5.71. The van der Waals surface area contributed by atoms with Crippen LogP contribution in [-0.4, -0.2) is 19.1 Å². The van der Waals surface area contributed by atoms with Gasteiger partial charge < -0.3 is 10.1 Å². The van der Waals surface area contributed by atoms with Crippen molar-refractivity contribution < 1.29 is 9.53 Å². The van der Waals surface area contributed by atoms with E-state index in [0.717, 1.165) is 6.54 Å². The van der Waals surface area contributed by atoms with Crippen LogP contribution in [0, 0.1) is 12.8 Å². The van der Waals surface area contributed by atoms with Crippen molar-refractivity contribution >= 4 is 5.97 Å². The van der Waals surface area contributed by atoms with Crippen molar-refractivity contribution in [1.82, 2.24) is 5.32 Å². The minimum atomic E-state index is -0.136. The van der Waals surface area contributed by atoms with Crippen LogP contribution in [-0.2, 0) is 16.1 Å². The third-order valence-electron chi connectivity index (χ3n) is 2.57. The molecule has 94 valence electrons. The molecule has 0 bridgehead atoms. The van der Waals surface area contributed by atoms with Crippen molar-refractivity contribution in [3.63, 3.8) is 0 Å². The lowest BCUT2D eigenvalue weighted by Gasteiger charge is -2.09. The fourth-order valence-electron chi connectivity index (χ4n) is 1.42. The van der Waals surface area contributed by atoms with Crippen LogP contribution in [0.5, 0.6) is 0 Å². The quantitative estimate of drug-likeness (QED) is 0.607. The second kappa shape index (κ2) is 7.07. The summed E-state index contributed by atoms with van der Waals surface area (Å²) in [6.07, 6.45) is 0. The number of hydrogen-bond acceptors (Lipinski definition) is 3. The van der Waals surface area contributed by atoms with Gasteiger partial charge in [0.2, 0.25) is 0 Å². The zero-order valence-corrected chi connectivity index (χ0v) is 10.8. The molecule has 17 heavy (non-hydrogen) atoms. The minimum absolute atomic E-state index is 0.0497. The summed E-state index contributed by atoms with van der Waals surface area (Å²) in [5.41, 5.74) is 2.56. The van der Waals surface area contributed by atoms with E-state index in [9.17, 15) is 4.79 Å². The van der Waals surface area contributed by atoms with E-state index in [-0.39, 0.29) is 11.9 Å². The first-order chi connectivity index (χ1) is 8.11. The monoisotopic (exact) mass is 235 g/mol. The third kappa shape index (κ3) is 5.00. The molecule has 0 aliphatic heterocycles. The number of aryl methyl sites for hydroxylation is 1. The molecule has 0 spiro atoms. The second-order valence-electron chi connectivity index (χ2n) is 4.43. The van der Waals surface area contributed by atoms with Crippen molar-refractivity contribution in [2.45, 2.75) is 27.3 Å². The van der Waals surface area contributed by atoms with Crippen LogP contribution >= 0.6 is 0 Å². The summed E-state index contributed by atoms with van der Waals surface area (Å²) in [4.78, 5) is 11.2. The highest BCUT2D eigenvalue weighted by atomic mass is 16.5. The van der Waals surface area contributed by atoms with Crippen molar-refractivity contribution in [3.05, 3.63) is 35.4 Å². The van der Waals surface area contributed by atoms with Gasteiger partial charge in [0.25, 0.3) is 0 Å². The lowest BCUT2D eigenvalue weighted by Crippen LogP contribution is -2.22. The Bertz CT molecular complexity index is 361. The first-order valence-electron chi connectivity index (χ1n) is 6.03. The topological polar surface area (TPSA) is 38.3 Å². The number of ether oxygens (including phenoxy) is 1. The number of carbonyl (C=O) groups is 1. The summed E-state index contributed by atoms with van der Waals surface area (Å²) >= 11 is 0. The number of carbonyl (C=O) groups excluding carboxylic acids is 1. The molecule has 0 saturated heterocycles. The molecule has 0 unspecified atom stereocenters. The molecule has 0 radical (unpaired) electrons. The summed E-state index contributed by atoms with van der Waals surface area (Å²) in [7, 11) is 0. The van der Waals surface area contributed by atoms with Crippen molar-refractivity contribution in [2.75, 3.05) is 13.2 Å². The Morgan fingerprint density at radius 1 is 1.35 bits per heavy atom. The van der Waals surface area contributed by atoms with Crippen LogP contribution < -0.4 is 5.32 Å². The molecule has 0 atom stereocenters.